The van der Waals surface area contributed by atoms with E-state index in [-0.39, 0.29) is 11.8 Å². The second-order valence-electron chi connectivity index (χ2n) is 5.84. The number of aliphatic carboxylic acids is 1. The van der Waals surface area contributed by atoms with Gasteiger partial charge in [0.25, 0.3) is 0 Å². The Morgan fingerprint density at radius 2 is 1.68 bits per heavy atom. The number of halogens is 5. The van der Waals surface area contributed by atoms with Gasteiger partial charge in [-0.2, -0.15) is 17.6 Å². The van der Waals surface area contributed by atoms with Crippen LogP contribution < -0.4 is 0 Å². The molecule has 0 amide bonds. The van der Waals surface area contributed by atoms with Crippen molar-refractivity contribution in [2.24, 2.45) is 23.7 Å². The molecule has 0 aromatic heterocycles. The van der Waals surface area contributed by atoms with Crippen molar-refractivity contribution in [3.8, 4) is 0 Å². The van der Waals surface area contributed by atoms with Gasteiger partial charge in [-0.1, -0.05) is 0 Å². The molecule has 4 atom stereocenters. The van der Waals surface area contributed by atoms with E-state index in [1.807, 2.05) is 0 Å². The summed E-state index contributed by atoms with van der Waals surface area (Å²) in [5.74, 6) is -8.31. The average Bonchev–Trinajstić information content (AvgIpc) is 2.96. The molecular formula is C13H15BrF4O4. The van der Waals surface area contributed by atoms with Crippen molar-refractivity contribution < 1.29 is 37.0 Å². The fourth-order valence-corrected chi connectivity index (χ4v) is 3.70. The van der Waals surface area contributed by atoms with Crippen molar-refractivity contribution in [3.63, 3.8) is 0 Å². The zero-order valence-corrected chi connectivity index (χ0v) is 13.0. The number of carbonyl (C=O) groups is 2. The molecule has 126 valence electrons. The average molecular weight is 391 g/mol. The number of ether oxygens (including phenoxy) is 1. The van der Waals surface area contributed by atoms with Crippen molar-refractivity contribution >= 4 is 27.9 Å². The van der Waals surface area contributed by atoms with Crippen LogP contribution in [0, 0.1) is 23.7 Å². The first-order chi connectivity index (χ1) is 10.0. The number of alkyl halides is 5. The summed E-state index contributed by atoms with van der Waals surface area (Å²) in [4.78, 5) is 18.8. The quantitative estimate of drug-likeness (QED) is 0.429. The van der Waals surface area contributed by atoms with E-state index in [9.17, 15) is 32.3 Å². The van der Waals surface area contributed by atoms with Gasteiger partial charge in [0.1, 0.15) is 0 Å². The molecule has 9 heteroatoms. The van der Waals surface area contributed by atoms with Gasteiger partial charge < -0.3 is 9.84 Å². The third kappa shape index (κ3) is 3.23. The topological polar surface area (TPSA) is 63.6 Å². The number of carboxylic acid groups (broad SMARTS) is 1. The molecule has 0 spiro atoms. The summed E-state index contributed by atoms with van der Waals surface area (Å²) in [6.45, 7) is -0.882. The highest BCUT2D eigenvalue weighted by Gasteiger charge is 2.56. The van der Waals surface area contributed by atoms with Crippen molar-refractivity contribution in [3.05, 3.63) is 0 Å². The van der Waals surface area contributed by atoms with E-state index in [1.54, 1.807) is 15.9 Å². The lowest BCUT2D eigenvalue weighted by Crippen LogP contribution is -2.38. The molecular weight excluding hydrogens is 376 g/mol. The molecule has 2 bridgehead atoms. The molecule has 2 fully saturated rings. The lowest BCUT2D eigenvalue weighted by molar-refractivity contribution is -0.172. The SMILES string of the molecule is O=C(O)C1C2CCC(C2)C1C(=O)OCCC(F)(F)C(F)(F)Br. The molecule has 4 nitrogen and oxygen atoms in total. The van der Waals surface area contributed by atoms with Crippen molar-refractivity contribution in [2.75, 3.05) is 6.61 Å². The molecule has 0 aromatic carbocycles. The molecule has 22 heavy (non-hydrogen) atoms. The third-order valence-electron chi connectivity index (χ3n) is 4.55. The Bertz CT molecular complexity index is 465. The highest BCUT2D eigenvalue weighted by Crippen LogP contribution is 2.52. The van der Waals surface area contributed by atoms with Gasteiger partial charge in [0.05, 0.1) is 24.9 Å². The maximum absolute atomic E-state index is 13.0. The van der Waals surface area contributed by atoms with Gasteiger partial charge in [-0.15, -0.1) is 0 Å². The zero-order valence-electron chi connectivity index (χ0n) is 11.4. The number of carbonyl (C=O) groups excluding carboxylic acids is 1. The molecule has 0 heterocycles. The molecule has 0 radical (unpaired) electrons. The molecule has 4 unspecified atom stereocenters. The molecule has 2 rings (SSSR count). The first kappa shape index (κ1) is 17.5. The van der Waals surface area contributed by atoms with Gasteiger partial charge in [0.2, 0.25) is 0 Å². The normalized spacial score (nSPS) is 31.3. The van der Waals surface area contributed by atoms with Crippen molar-refractivity contribution in [1.29, 1.82) is 0 Å². The molecule has 1 N–H and O–H groups in total. The third-order valence-corrected chi connectivity index (χ3v) is 5.13. The Morgan fingerprint density at radius 1 is 1.14 bits per heavy atom. The monoisotopic (exact) mass is 390 g/mol. The van der Waals surface area contributed by atoms with Gasteiger partial charge in [-0.25, -0.2) is 0 Å². The fourth-order valence-electron chi connectivity index (χ4n) is 3.50. The minimum Gasteiger partial charge on any atom is -0.481 e. The molecule has 0 aliphatic heterocycles. The highest BCUT2D eigenvalue weighted by molar-refractivity contribution is 9.10. The minimum atomic E-state index is -4.39. The van der Waals surface area contributed by atoms with Crippen LogP contribution in [0.4, 0.5) is 17.6 Å². The molecule has 0 saturated heterocycles. The maximum Gasteiger partial charge on any atom is 0.363 e. The molecule has 0 aromatic rings. The van der Waals surface area contributed by atoms with E-state index in [4.69, 9.17) is 0 Å². The first-order valence-electron chi connectivity index (χ1n) is 6.88. The van der Waals surface area contributed by atoms with E-state index in [0.717, 1.165) is 6.42 Å². The Balaban J connectivity index is 1.91. The highest BCUT2D eigenvalue weighted by atomic mass is 79.9. The van der Waals surface area contributed by atoms with Crippen LogP contribution in [0.5, 0.6) is 0 Å². The lowest BCUT2D eigenvalue weighted by Gasteiger charge is -2.27. The summed E-state index contributed by atoms with van der Waals surface area (Å²) in [6.07, 6.45) is 0.686. The Hall–Kier alpha value is -0.860. The second-order valence-corrected chi connectivity index (χ2v) is 6.84. The van der Waals surface area contributed by atoms with Crippen LogP contribution in [0.15, 0.2) is 0 Å². The van der Waals surface area contributed by atoms with Gasteiger partial charge in [0.15, 0.2) is 0 Å². The van der Waals surface area contributed by atoms with Gasteiger partial charge in [-0.05, 0) is 47.0 Å². The van der Waals surface area contributed by atoms with Crippen LogP contribution in [0.3, 0.4) is 0 Å². The van der Waals surface area contributed by atoms with Crippen molar-refractivity contribution in [1.82, 2.24) is 0 Å². The van der Waals surface area contributed by atoms with Crippen LogP contribution in [-0.2, 0) is 14.3 Å². The van der Waals surface area contributed by atoms with Crippen LogP contribution in [-0.4, -0.2) is 34.4 Å². The molecule has 2 aliphatic carbocycles. The largest absolute Gasteiger partial charge is 0.481 e. The number of carboxylic acids is 1. The summed E-state index contributed by atoms with van der Waals surface area (Å²) in [5, 5.41) is 9.18. The van der Waals surface area contributed by atoms with E-state index in [2.05, 4.69) is 4.74 Å². The molecule has 2 aliphatic rings. The number of esters is 1. The second kappa shape index (κ2) is 5.98. The summed E-state index contributed by atoms with van der Waals surface area (Å²) >= 11 is 1.59. The van der Waals surface area contributed by atoms with Crippen LogP contribution >= 0.6 is 15.9 Å². The smallest absolute Gasteiger partial charge is 0.363 e. The van der Waals surface area contributed by atoms with Gasteiger partial charge >= 0.3 is 22.7 Å². The van der Waals surface area contributed by atoms with E-state index in [0.29, 0.717) is 12.8 Å². The zero-order chi connectivity index (χ0) is 16.7. The molecule has 2 saturated carbocycles. The lowest BCUT2D eigenvalue weighted by atomic mass is 9.79. The summed E-state index contributed by atoms with van der Waals surface area (Å²) in [6, 6.07) is 0. The van der Waals surface area contributed by atoms with Gasteiger partial charge in [-0.3, -0.25) is 9.59 Å². The summed E-state index contributed by atoms with van der Waals surface area (Å²) in [7, 11) is 0. The van der Waals surface area contributed by atoms with Crippen LogP contribution in [0.2, 0.25) is 0 Å². The van der Waals surface area contributed by atoms with E-state index in [1.165, 1.54) is 0 Å². The Labute approximate surface area is 132 Å². The predicted molar refractivity (Wildman–Crippen MR) is 69.8 cm³/mol. The van der Waals surface area contributed by atoms with E-state index < -0.39 is 47.6 Å². The first-order valence-corrected chi connectivity index (χ1v) is 7.68. The number of fused-ring (bicyclic) bond motifs is 2. The van der Waals surface area contributed by atoms with Crippen molar-refractivity contribution in [2.45, 2.75) is 36.4 Å². The Morgan fingerprint density at radius 3 is 2.18 bits per heavy atom. The maximum atomic E-state index is 13.0. The predicted octanol–water partition coefficient (Wildman–Crippen LogP) is 3.29. The van der Waals surface area contributed by atoms with Gasteiger partial charge in [0, 0.05) is 0 Å². The fraction of sp³-hybridized carbons (Fsp3) is 0.846. The van der Waals surface area contributed by atoms with E-state index >= 15 is 0 Å². The summed E-state index contributed by atoms with van der Waals surface area (Å²) < 4.78 is 55.8. The number of rotatable bonds is 6. The van der Waals surface area contributed by atoms with Crippen LogP contribution in [0.1, 0.15) is 25.7 Å². The standard InChI is InChI=1S/C13H15BrF4O4/c14-13(17,18)12(15,16)3-4-22-11(21)9-7-2-1-6(5-7)8(9)10(19)20/h6-9H,1-5H2,(H,19,20). The number of hydrogen-bond donors (Lipinski definition) is 1. The Kier molecular flexibility index (Phi) is 4.75. The minimum absolute atomic E-state index is 0.103. The van der Waals surface area contributed by atoms with Crippen LogP contribution in [0.25, 0.3) is 0 Å². The number of hydrogen-bond acceptors (Lipinski definition) is 3. The summed E-state index contributed by atoms with van der Waals surface area (Å²) in [5.41, 5.74) is 0.